The Labute approximate surface area is 71.4 Å². The minimum Gasteiger partial charge on any atom is -0.120 e. The molecule has 0 aromatic carbocycles. The van der Waals surface area contributed by atoms with Gasteiger partial charge in [0.2, 0.25) is 0 Å². The summed E-state index contributed by atoms with van der Waals surface area (Å²) in [7, 11) is 0. The molecule has 0 unspecified atom stereocenters. The van der Waals surface area contributed by atoms with E-state index in [0.29, 0.717) is 5.41 Å². The SMILES string of the molecule is C#CCCC(C)(C)CCC[CH2]. The predicted octanol–water partition coefficient (Wildman–Crippen LogP) is 3.43. The number of hydrogen-bond donors (Lipinski definition) is 0. The van der Waals surface area contributed by atoms with Crippen molar-refractivity contribution in [3.63, 3.8) is 0 Å². The van der Waals surface area contributed by atoms with Gasteiger partial charge in [0.05, 0.1) is 0 Å². The number of rotatable bonds is 5. The maximum absolute atomic E-state index is 5.20. The third kappa shape index (κ3) is 5.98. The number of hydrogen-bond acceptors (Lipinski definition) is 0. The van der Waals surface area contributed by atoms with Gasteiger partial charge in [0, 0.05) is 6.42 Å². The van der Waals surface area contributed by atoms with Crippen LogP contribution in [-0.2, 0) is 0 Å². The van der Waals surface area contributed by atoms with Crippen LogP contribution in [-0.4, -0.2) is 0 Å². The first-order chi connectivity index (χ1) is 5.12. The number of unbranched alkanes of at least 4 members (excludes halogenated alkanes) is 1. The van der Waals surface area contributed by atoms with Gasteiger partial charge >= 0.3 is 0 Å². The molecule has 0 aliphatic carbocycles. The van der Waals surface area contributed by atoms with Crippen LogP contribution >= 0.6 is 0 Å². The second kappa shape index (κ2) is 5.24. The van der Waals surface area contributed by atoms with Gasteiger partial charge in [-0.25, -0.2) is 0 Å². The fourth-order valence-corrected chi connectivity index (χ4v) is 1.14. The van der Waals surface area contributed by atoms with Gasteiger partial charge in [-0.2, -0.15) is 0 Å². The van der Waals surface area contributed by atoms with Crippen molar-refractivity contribution in [2.75, 3.05) is 0 Å². The van der Waals surface area contributed by atoms with Crippen molar-refractivity contribution in [1.29, 1.82) is 0 Å². The summed E-state index contributed by atoms with van der Waals surface area (Å²) in [4.78, 5) is 0. The van der Waals surface area contributed by atoms with Crippen LogP contribution in [0.4, 0.5) is 0 Å². The van der Waals surface area contributed by atoms with Gasteiger partial charge in [-0.3, -0.25) is 0 Å². The largest absolute Gasteiger partial charge is 0.120 e. The minimum atomic E-state index is 0.421. The third-order valence-corrected chi connectivity index (χ3v) is 2.05. The van der Waals surface area contributed by atoms with E-state index in [9.17, 15) is 0 Å². The van der Waals surface area contributed by atoms with Crippen LogP contribution in [0.15, 0.2) is 0 Å². The Bertz CT molecular complexity index is 125. The summed E-state index contributed by atoms with van der Waals surface area (Å²) in [5.74, 6) is 2.68. The van der Waals surface area contributed by atoms with Gasteiger partial charge in [-0.15, -0.1) is 12.3 Å². The molecule has 0 heterocycles. The van der Waals surface area contributed by atoms with Gasteiger partial charge in [0.15, 0.2) is 0 Å². The molecular weight excluding hydrogens is 132 g/mol. The fraction of sp³-hybridized carbons (Fsp3) is 0.727. The smallest absolute Gasteiger partial charge is 0.00911 e. The molecule has 0 aromatic heterocycles. The molecule has 0 atom stereocenters. The second-order valence-electron chi connectivity index (χ2n) is 3.83. The molecule has 0 aromatic rings. The summed E-state index contributed by atoms with van der Waals surface area (Å²) in [6, 6.07) is 0. The summed E-state index contributed by atoms with van der Waals surface area (Å²) in [6.07, 6.45) is 10.8. The van der Waals surface area contributed by atoms with Crippen molar-refractivity contribution >= 4 is 0 Å². The van der Waals surface area contributed by atoms with Crippen molar-refractivity contribution < 1.29 is 0 Å². The lowest BCUT2D eigenvalue weighted by molar-refractivity contribution is 0.304. The monoisotopic (exact) mass is 151 g/mol. The van der Waals surface area contributed by atoms with Crippen LogP contribution < -0.4 is 0 Å². The Morgan fingerprint density at radius 3 is 2.45 bits per heavy atom. The standard InChI is InChI=1S/C11H19/c1-5-7-9-11(3,4)10-8-6-2/h1H,2,6-10H2,3-4H3. The van der Waals surface area contributed by atoms with Crippen molar-refractivity contribution in [3.8, 4) is 12.3 Å². The third-order valence-electron chi connectivity index (χ3n) is 2.05. The first-order valence-electron chi connectivity index (χ1n) is 4.35. The minimum absolute atomic E-state index is 0.421. The lowest BCUT2D eigenvalue weighted by Gasteiger charge is -2.22. The highest BCUT2D eigenvalue weighted by Gasteiger charge is 2.15. The van der Waals surface area contributed by atoms with E-state index < -0.39 is 0 Å². The zero-order chi connectivity index (χ0) is 8.74. The van der Waals surface area contributed by atoms with Gasteiger partial charge in [-0.1, -0.05) is 33.6 Å². The molecule has 0 heteroatoms. The Kier molecular flexibility index (Phi) is 5.03. The van der Waals surface area contributed by atoms with Gasteiger partial charge in [-0.05, 0) is 18.3 Å². The molecule has 0 saturated carbocycles. The molecule has 0 spiro atoms. The van der Waals surface area contributed by atoms with E-state index in [1.165, 1.54) is 12.8 Å². The van der Waals surface area contributed by atoms with E-state index in [4.69, 9.17) is 6.42 Å². The molecule has 63 valence electrons. The lowest BCUT2D eigenvalue weighted by Crippen LogP contribution is -2.10. The molecule has 11 heavy (non-hydrogen) atoms. The molecule has 0 fully saturated rings. The average Bonchev–Trinajstić information content (AvgIpc) is 1.97. The maximum atomic E-state index is 5.20. The van der Waals surface area contributed by atoms with Crippen LogP contribution in [0.2, 0.25) is 0 Å². The van der Waals surface area contributed by atoms with Crippen LogP contribution in [0.5, 0.6) is 0 Å². The van der Waals surface area contributed by atoms with E-state index in [2.05, 4.69) is 26.7 Å². The molecule has 0 aliphatic heterocycles. The molecule has 1 radical (unpaired) electrons. The van der Waals surface area contributed by atoms with Gasteiger partial charge in [0.1, 0.15) is 0 Å². The van der Waals surface area contributed by atoms with Crippen LogP contribution in [0.1, 0.15) is 46.0 Å². The summed E-state index contributed by atoms with van der Waals surface area (Å²) in [5, 5.41) is 0. The lowest BCUT2D eigenvalue weighted by atomic mass is 9.83. The first kappa shape index (κ1) is 10.6. The van der Waals surface area contributed by atoms with Gasteiger partial charge < -0.3 is 0 Å². The van der Waals surface area contributed by atoms with E-state index in [0.717, 1.165) is 19.3 Å². The number of terminal acetylenes is 1. The molecule has 0 bridgehead atoms. The molecule has 0 rings (SSSR count). The molecule has 0 N–H and O–H groups in total. The Morgan fingerprint density at radius 2 is 2.00 bits per heavy atom. The molecule has 0 saturated heterocycles. The molecule has 0 amide bonds. The normalized spacial score (nSPS) is 11.1. The quantitative estimate of drug-likeness (QED) is 0.528. The topological polar surface area (TPSA) is 0 Å². The van der Waals surface area contributed by atoms with Crippen LogP contribution in [0.3, 0.4) is 0 Å². The summed E-state index contributed by atoms with van der Waals surface area (Å²) >= 11 is 0. The van der Waals surface area contributed by atoms with Crippen molar-refractivity contribution in [1.82, 2.24) is 0 Å². The maximum Gasteiger partial charge on any atom is 0.00911 e. The highest BCUT2D eigenvalue weighted by molar-refractivity contribution is 4.86. The van der Waals surface area contributed by atoms with Crippen molar-refractivity contribution in [2.45, 2.75) is 46.0 Å². The van der Waals surface area contributed by atoms with Crippen molar-refractivity contribution in [2.24, 2.45) is 5.41 Å². The summed E-state index contributed by atoms with van der Waals surface area (Å²) in [5.41, 5.74) is 0.421. The summed E-state index contributed by atoms with van der Waals surface area (Å²) in [6.45, 7) is 8.38. The molecule has 0 nitrogen and oxygen atoms in total. The average molecular weight is 151 g/mol. The Morgan fingerprint density at radius 1 is 1.36 bits per heavy atom. The Hall–Kier alpha value is -0.440. The highest BCUT2D eigenvalue weighted by Crippen LogP contribution is 2.28. The zero-order valence-electron chi connectivity index (χ0n) is 7.82. The highest BCUT2D eigenvalue weighted by atomic mass is 14.2. The zero-order valence-corrected chi connectivity index (χ0v) is 7.82. The van der Waals surface area contributed by atoms with E-state index in [-0.39, 0.29) is 0 Å². The predicted molar refractivity (Wildman–Crippen MR) is 51.1 cm³/mol. The van der Waals surface area contributed by atoms with E-state index in [1.807, 2.05) is 0 Å². The van der Waals surface area contributed by atoms with Crippen molar-refractivity contribution in [3.05, 3.63) is 6.92 Å². The van der Waals surface area contributed by atoms with Crippen LogP contribution in [0, 0.1) is 24.7 Å². The van der Waals surface area contributed by atoms with Gasteiger partial charge in [0.25, 0.3) is 0 Å². The first-order valence-corrected chi connectivity index (χ1v) is 4.35. The summed E-state index contributed by atoms with van der Waals surface area (Å²) < 4.78 is 0. The fourth-order valence-electron chi connectivity index (χ4n) is 1.14. The molecular formula is C11H19. The Balaban J connectivity index is 3.54. The van der Waals surface area contributed by atoms with Crippen LogP contribution in [0.25, 0.3) is 0 Å². The second-order valence-corrected chi connectivity index (χ2v) is 3.83. The molecule has 0 aliphatic rings. The van der Waals surface area contributed by atoms with E-state index >= 15 is 0 Å². The van der Waals surface area contributed by atoms with E-state index in [1.54, 1.807) is 0 Å².